The average Bonchev–Trinajstić information content (AvgIpc) is 2.41. The van der Waals surface area contributed by atoms with E-state index in [1.165, 1.54) is 19.3 Å². The van der Waals surface area contributed by atoms with Gasteiger partial charge < -0.3 is 4.42 Å². The van der Waals surface area contributed by atoms with Crippen LogP contribution in [0.4, 0.5) is 0 Å². The highest BCUT2D eigenvalue weighted by Crippen LogP contribution is 2.02. The van der Waals surface area contributed by atoms with Crippen LogP contribution in [0.25, 0.3) is 0 Å². The molecule has 1 aromatic rings. The van der Waals surface area contributed by atoms with E-state index in [2.05, 4.69) is 18.3 Å². The minimum Gasteiger partial charge on any atom is -0.441 e. The zero-order valence-electron chi connectivity index (χ0n) is 6.26. The summed E-state index contributed by atoms with van der Waals surface area (Å²) in [5, 5.41) is 0. The molecule has 0 N–H and O–H groups in total. The van der Waals surface area contributed by atoms with Crippen molar-refractivity contribution in [2.45, 2.75) is 32.6 Å². The van der Waals surface area contributed by atoms with Crippen molar-refractivity contribution in [1.82, 2.24) is 4.98 Å². The quantitative estimate of drug-likeness (QED) is 0.596. The molecule has 0 aliphatic carbocycles. The van der Waals surface area contributed by atoms with E-state index in [0.29, 0.717) is 0 Å². The van der Waals surface area contributed by atoms with E-state index in [-0.39, 0.29) is 0 Å². The number of rotatable bonds is 4. The molecule has 0 amide bonds. The number of aromatic nitrogens is 1. The van der Waals surface area contributed by atoms with Gasteiger partial charge in [0.25, 0.3) is 6.39 Å². The molecule has 0 fully saturated rings. The van der Waals surface area contributed by atoms with Gasteiger partial charge in [-0.25, -0.2) is 4.98 Å². The van der Waals surface area contributed by atoms with Crippen LogP contribution in [0.2, 0.25) is 0 Å². The van der Waals surface area contributed by atoms with Gasteiger partial charge in [-0.05, 0) is 12.8 Å². The molecule has 0 bridgehead atoms. The van der Waals surface area contributed by atoms with Gasteiger partial charge in [0.2, 0.25) is 0 Å². The Kier molecular flexibility index (Phi) is 3.00. The number of oxazole rings is 1. The highest BCUT2D eigenvalue weighted by Gasteiger charge is 1.94. The zero-order valence-corrected chi connectivity index (χ0v) is 6.26. The summed E-state index contributed by atoms with van der Waals surface area (Å²) in [5.74, 6) is 0. The van der Waals surface area contributed by atoms with Crippen LogP contribution in [0, 0.1) is 6.39 Å². The largest absolute Gasteiger partial charge is 0.441 e. The average molecular weight is 138 g/mol. The number of hydrogen-bond donors (Lipinski definition) is 0. The Hall–Kier alpha value is -0.790. The second-order valence-electron chi connectivity index (χ2n) is 2.39. The van der Waals surface area contributed by atoms with E-state index in [0.717, 1.165) is 12.1 Å². The Bertz CT molecular complexity index is 158. The maximum Gasteiger partial charge on any atom is 0.283 e. The van der Waals surface area contributed by atoms with Gasteiger partial charge in [0, 0.05) is 0 Å². The van der Waals surface area contributed by atoms with Crippen molar-refractivity contribution in [2.24, 2.45) is 0 Å². The number of aryl methyl sites for hydroxylation is 1. The van der Waals surface area contributed by atoms with E-state index in [1.54, 1.807) is 6.26 Å². The normalized spacial score (nSPS) is 10.1. The predicted octanol–water partition coefficient (Wildman–Crippen LogP) is 2.21. The Morgan fingerprint density at radius 3 is 3.10 bits per heavy atom. The molecule has 0 atom stereocenters. The lowest BCUT2D eigenvalue weighted by atomic mass is 10.2. The highest BCUT2D eigenvalue weighted by atomic mass is 16.3. The van der Waals surface area contributed by atoms with Gasteiger partial charge in [-0.1, -0.05) is 19.8 Å². The first-order valence-electron chi connectivity index (χ1n) is 3.74. The third-order valence-corrected chi connectivity index (χ3v) is 1.47. The van der Waals surface area contributed by atoms with Crippen molar-refractivity contribution in [2.75, 3.05) is 0 Å². The maximum atomic E-state index is 4.71. The summed E-state index contributed by atoms with van der Waals surface area (Å²) in [6.07, 6.45) is 8.85. The Morgan fingerprint density at radius 2 is 2.50 bits per heavy atom. The van der Waals surface area contributed by atoms with Gasteiger partial charge in [0.15, 0.2) is 0 Å². The summed E-state index contributed by atoms with van der Waals surface area (Å²) >= 11 is 0. The molecule has 0 spiro atoms. The second kappa shape index (κ2) is 4.09. The fraction of sp³-hybridized carbons (Fsp3) is 0.625. The molecule has 10 heavy (non-hydrogen) atoms. The fourth-order valence-corrected chi connectivity index (χ4v) is 0.877. The first-order valence-corrected chi connectivity index (χ1v) is 3.74. The Morgan fingerprint density at radius 1 is 1.60 bits per heavy atom. The van der Waals surface area contributed by atoms with Gasteiger partial charge in [-0.2, -0.15) is 0 Å². The van der Waals surface area contributed by atoms with Crippen molar-refractivity contribution < 1.29 is 4.42 Å². The number of hydrogen-bond acceptors (Lipinski definition) is 2. The van der Waals surface area contributed by atoms with Gasteiger partial charge in [0.05, 0.1) is 5.69 Å². The van der Waals surface area contributed by atoms with Crippen LogP contribution >= 0.6 is 0 Å². The van der Waals surface area contributed by atoms with E-state index < -0.39 is 0 Å². The third kappa shape index (κ3) is 2.21. The molecule has 1 aromatic heterocycles. The standard InChI is InChI=1S/C8H12NO/c1-2-3-4-5-8-6-10-7-9-8/h6H,2-5H2,1H3. The third-order valence-electron chi connectivity index (χ3n) is 1.47. The minimum absolute atomic E-state index is 1.02. The van der Waals surface area contributed by atoms with Gasteiger partial charge >= 0.3 is 0 Å². The molecule has 0 aliphatic rings. The van der Waals surface area contributed by atoms with Crippen molar-refractivity contribution in [3.8, 4) is 0 Å². The van der Waals surface area contributed by atoms with Crippen LogP contribution < -0.4 is 0 Å². The number of unbranched alkanes of at least 4 members (excludes halogenated alkanes) is 2. The monoisotopic (exact) mass is 138 g/mol. The van der Waals surface area contributed by atoms with Crippen LogP contribution in [0.1, 0.15) is 31.9 Å². The maximum absolute atomic E-state index is 4.71. The zero-order chi connectivity index (χ0) is 7.23. The second-order valence-corrected chi connectivity index (χ2v) is 2.39. The molecule has 2 nitrogen and oxygen atoms in total. The lowest BCUT2D eigenvalue weighted by molar-refractivity contribution is 0.546. The number of nitrogens with zero attached hydrogens (tertiary/aromatic N) is 1. The topological polar surface area (TPSA) is 26.0 Å². The van der Waals surface area contributed by atoms with Crippen LogP contribution in [-0.2, 0) is 6.42 Å². The predicted molar refractivity (Wildman–Crippen MR) is 38.6 cm³/mol. The van der Waals surface area contributed by atoms with E-state index in [1.807, 2.05) is 0 Å². The van der Waals surface area contributed by atoms with Crippen LogP contribution in [0.3, 0.4) is 0 Å². The molecule has 0 saturated carbocycles. The summed E-state index contributed by atoms with van der Waals surface area (Å²) in [4.78, 5) is 3.90. The van der Waals surface area contributed by atoms with Gasteiger partial charge in [-0.3, -0.25) is 0 Å². The van der Waals surface area contributed by atoms with Crippen molar-refractivity contribution in [1.29, 1.82) is 0 Å². The summed E-state index contributed by atoms with van der Waals surface area (Å²) in [6, 6.07) is 0. The van der Waals surface area contributed by atoms with E-state index >= 15 is 0 Å². The Labute approximate surface area is 61.3 Å². The molecule has 1 rings (SSSR count). The molecule has 1 radical (unpaired) electrons. The summed E-state index contributed by atoms with van der Waals surface area (Å²) in [6.45, 7) is 2.19. The summed E-state index contributed by atoms with van der Waals surface area (Å²) < 4.78 is 4.71. The lowest BCUT2D eigenvalue weighted by Gasteiger charge is -1.91. The fourth-order valence-electron chi connectivity index (χ4n) is 0.877. The highest BCUT2D eigenvalue weighted by molar-refractivity contribution is 4.89. The van der Waals surface area contributed by atoms with E-state index in [4.69, 9.17) is 4.42 Å². The first kappa shape index (κ1) is 7.32. The van der Waals surface area contributed by atoms with Crippen LogP contribution in [0.5, 0.6) is 0 Å². The van der Waals surface area contributed by atoms with Crippen molar-refractivity contribution in [3.05, 3.63) is 18.4 Å². The molecule has 55 valence electrons. The molecule has 0 aromatic carbocycles. The van der Waals surface area contributed by atoms with Crippen LogP contribution in [0.15, 0.2) is 10.7 Å². The lowest BCUT2D eigenvalue weighted by Crippen LogP contribution is -1.83. The van der Waals surface area contributed by atoms with Gasteiger partial charge in [0.1, 0.15) is 6.26 Å². The van der Waals surface area contributed by atoms with Crippen LogP contribution in [-0.4, -0.2) is 4.98 Å². The smallest absolute Gasteiger partial charge is 0.283 e. The van der Waals surface area contributed by atoms with Gasteiger partial charge in [-0.15, -0.1) is 0 Å². The first-order chi connectivity index (χ1) is 4.93. The van der Waals surface area contributed by atoms with Crippen molar-refractivity contribution in [3.63, 3.8) is 0 Å². The van der Waals surface area contributed by atoms with E-state index in [9.17, 15) is 0 Å². The molecule has 0 saturated heterocycles. The SMILES string of the molecule is CCCCCc1co[c]n1. The molecule has 1 heterocycles. The summed E-state index contributed by atoms with van der Waals surface area (Å²) in [7, 11) is 0. The Balaban J connectivity index is 2.15. The minimum atomic E-state index is 1.02. The van der Waals surface area contributed by atoms with Crippen molar-refractivity contribution >= 4 is 0 Å². The molecule has 2 heteroatoms. The summed E-state index contributed by atoms with van der Waals surface area (Å²) in [5.41, 5.74) is 1.02. The molecule has 0 unspecified atom stereocenters. The molecular formula is C8H12NO. The molecular weight excluding hydrogens is 126 g/mol. The molecule has 0 aliphatic heterocycles.